The third kappa shape index (κ3) is 4.89. The molecular weight excluding hydrogens is 250 g/mol. The van der Waals surface area contributed by atoms with E-state index in [0.717, 1.165) is 32.9 Å². The van der Waals surface area contributed by atoms with Gasteiger partial charge in [-0.2, -0.15) is 0 Å². The Bertz CT molecular complexity index is 361. The molecule has 3 heteroatoms. The van der Waals surface area contributed by atoms with Crippen LogP contribution in [0.25, 0.3) is 0 Å². The molecule has 0 radical (unpaired) electrons. The Hall–Kier alpha value is -0.900. The smallest absolute Gasteiger partial charge is 0.0717 e. The molecular formula is C17H27NO2. The Morgan fingerprint density at radius 3 is 2.60 bits per heavy atom. The normalized spacial score (nSPS) is 17.4. The Morgan fingerprint density at radius 2 is 1.90 bits per heavy atom. The molecule has 0 heterocycles. The van der Waals surface area contributed by atoms with Gasteiger partial charge in [0.25, 0.3) is 0 Å². The number of hydrogen-bond donors (Lipinski definition) is 1. The van der Waals surface area contributed by atoms with Crippen LogP contribution in [0.15, 0.2) is 30.3 Å². The summed E-state index contributed by atoms with van der Waals surface area (Å²) in [6.45, 7) is 4.34. The summed E-state index contributed by atoms with van der Waals surface area (Å²) in [6, 6.07) is 10.4. The monoisotopic (exact) mass is 277 g/mol. The molecule has 0 aromatic heterocycles. The third-order valence-electron chi connectivity index (χ3n) is 4.17. The zero-order valence-electron chi connectivity index (χ0n) is 12.6. The topological polar surface area (TPSA) is 30.5 Å². The van der Waals surface area contributed by atoms with E-state index in [1.165, 1.54) is 31.2 Å². The van der Waals surface area contributed by atoms with E-state index in [0.29, 0.717) is 5.41 Å². The molecule has 2 rings (SSSR count). The highest BCUT2D eigenvalue weighted by Gasteiger charge is 2.33. The van der Waals surface area contributed by atoms with E-state index in [4.69, 9.17) is 9.47 Å². The molecule has 0 saturated heterocycles. The van der Waals surface area contributed by atoms with Crippen molar-refractivity contribution in [2.24, 2.45) is 5.41 Å². The molecule has 3 nitrogen and oxygen atoms in total. The molecule has 1 N–H and O–H groups in total. The molecule has 0 atom stereocenters. The number of rotatable bonds is 9. The van der Waals surface area contributed by atoms with E-state index in [-0.39, 0.29) is 0 Å². The predicted octanol–water partition coefficient (Wildman–Crippen LogP) is 3.00. The Balaban J connectivity index is 1.74. The molecule has 1 saturated carbocycles. The van der Waals surface area contributed by atoms with Crippen LogP contribution in [0.5, 0.6) is 0 Å². The fourth-order valence-electron chi connectivity index (χ4n) is 2.98. The van der Waals surface area contributed by atoms with Crippen LogP contribution in [0.1, 0.15) is 31.2 Å². The molecule has 0 bridgehead atoms. The van der Waals surface area contributed by atoms with Gasteiger partial charge in [0, 0.05) is 25.6 Å². The second-order valence-electron chi connectivity index (χ2n) is 5.86. The number of hydrogen-bond acceptors (Lipinski definition) is 3. The average Bonchev–Trinajstić information content (AvgIpc) is 2.94. The zero-order valence-corrected chi connectivity index (χ0v) is 12.6. The van der Waals surface area contributed by atoms with Gasteiger partial charge in [-0.05, 0) is 18.4 Å². The molecule has 0 unspecified atom stereocenters. The van der Waals surface area contributed by atoms with Gasteiger partial charge in [-0.25, -0.2) is 0 Å². The quantitative estimate of drug-likeness (QED) is 0.704. The van der Waals surface area contributed by atoms with E-state index in [9.17, 15) is 0 Å². The SMILES string of the molecule is COCCNCC1(COCc2ccccc2)CCCC1. The lowest BCUT2D eigenvalue weighted by Gasteiger charge is -2.29. The van der Waals surface area contributed by atoms with E-state index < -0.39 is 0 Å². The molecule has 112 valence electrons. The molecule has 20 heavy (non-hydrogen) atoms. The summed E-state index contributed by atoms with van der Waals surface area (Å²) in [5.74, 6) is 0. The molecule has 0 spiro atoms. The summed E-state index contributed by atoms with van der Waals surface area (Å²) in [6.07, 6.45) is 5.23. The van der Waals surface area contributed by atoms with Crippen LogP contribution >= 0.6 is 0 Å². The van der Waals surface area contributed by atoms with Gasteiger partial charge in [-0.1, -0.05) is 43.2 Å². The summed E-state index contributed by atoms with van der Waals surface area (Å²) in [4.78, 5) is 0. The summed E-state index contributed by atoms with van der Waals surface area (Å²) >= 11 is 0. The van der Waals surface area contributed by atoms with Crippen LogP contribution < -0.4 is 5.32 Å². The van der Waals surface area contributed by atoms with Crippen molar-refractivity contribution in [2.75, 3.05) is 33.4 Å². The van der Waals surface area contributed by atoms with Crippen molar-refractivity contribution in [1.82, 2.24) is 5.32 Å². The highest BCUT2D eigenvalue weighted by molar-refractivity contribution is 5.13. The lowest BCUT2D eigenvalue weighted by atomic mass is 9.87. The Morgan fingerprint density at radius 1 is 1.15 bits per heavy atom. The first-order chi connectivity index (χ1) is 9.85. The molecule has 1 aliphatic rings. The van der Waals surface area contributed by atoms with Gasteiger partial charge in [0.05, 0.1) is 19.8 Å². The zero-order chi connectivity index (χ0) is 14.1. The number of ether oxygens (including phenoxy) is 2. The van der Waals surface area contributed by atoms with Gasteiger partial charge in [0.2, 0.25) is 0 Å². The second-order valence-corrected chi connectivity index (χ2v) is 5.86. The van der Waals surface area contributed by atoms with E-state index in [2.05, 4.69) is 29.6 Å². The first kappa shape index (κ1) is 15.5. The summed E-state index contributed by atoms with van der Waals surface area (Å²) in [5, 5.41) is 3.51. The van der Waals surface area contributed by atoms with E-state index >= 15 is 0 Å². The third-order valence-corrected chi connectivity index (χ3v) is 4.17. The predicted molar refractivity (Wildman–Crippen MR) is 81.7 cm³/mol. The number of nitrogens with one attached hydrogen (secondary N) is 1. The molecule has 1 aromatic rings. The van der Waals surface area contributed by atoms with Gasteiger partial charge >= 0.3 is 0 Å². The average molecular weight is 277 g/mol. The van der Waals surface area contributed by atoms with Crippen LogP contribution in [-0.2, 0) is 16.1 Å². The minimum absolute atomic E-state index is 0.336. The van der Waals surface area contributed by atoms with Crippen molar-refractivity contribution in [3.05, 3.63) is 35.9 Å². The summed E-state index contributed by atoms with van der Waals surface area (Å²) in [5.41, 5.74) is 1.59. The number of methoxy groups -OCH3 is 1. The highest BCUT2D eigenvalue weighted by atomic mass is 16.5. The Kier molecular flexibility index (Phi) is 6.51. The minimum atomic E-state index is 0.336. The lowest BCUT2D eigenvalue weighted by molar-refractivity contribution is 0.0352. The van der Waals surface area contributed by atoms with Crippen LogP contribution in [0, 0.1) is 5.41 Å². The maximum Gasteiger partial charge on any atom is 0.0717 e. The van der Waals surface area contributed by atoms with Gasteiger partial charge in [-0.3, -0.25) is 0 Å². The first-order valence-electron chi connectivity index (χ1n) is 7.66. The van der Waals surface area contributed by atoms with Gasteiger partial charge in [-0.15, -0.1) is 0 Å². The maximum atomic E-state index is 5.99. The molecule has 1 aromatic carbocycles. The van der Waals surface area contributed by atoms with Gasteiger partial charge < -0.3 is 14.8 Å². The fraction of sp³-hybridized carbons (Fsp3) is 0.647. The van der Waals surface area contributed by atoms with Crippen LogP contribution in [0.4, 0.5) is 0 Å². The van der Waals surface area contributed by atoms with Crippen LogP contribution in [0.3, 0.4) is 0 Å². The van der Waals surface area contributed by atoms with Crippen molar-refractivity contribution in [1.29, 1.82) is 0 Å². The Labute approximate surface area is 122 Å². The van der Waals surface area contributed by atoms with Crippen molar-refractivity contribution in [3.8, 4) is 0 Å². The largest absolute Gasteiger partial charge is 0.383 e. The highest BCUT2D eigenvalue weighted by Crippen LogP contribution is 2.37. The minimum Gasteiger partial charge on any atom is -0.383 e. The summed E-state index contributed by atoms with van der Waals surface area (Å²) in [7, 11) is 1.75. The molecule has 1 aliphatic carbocycles. The maximum absolute atomic E-state index is 5.99. The van der Waals surface area contributed by atoms with Crippen LogP contribution in [-0.4, -0.2) is 33.4 Å². The van der Waals surface area contributed by atoms with E-state index in [1.807, 2.05) is 6.07 Å². The van der Waals surface area contributed by atoms with Crippen molar-refractivity contribution < 1.29 is 9.47 Å². The summed E-state index contributed by atoms with van der Waals surface area (Å²) < 4.78 is 11.1. The molecule has 0 aliphatic heterocycles. The standard InChI is InChI=1S/C17H27NO2/c1-19-12-11-18-14-17(9-5-6-10-17)15-20-13-16-7-3-2-4-8-16/h2-4,7-8,18H,5-6,9-15H2,1H3. The molecule has 0 amide bonds. The van der Waals surface area contributed by atoms with Crippen LogP contribution in [0.2, 0.25) is 0 Å². The van der Waals surface area contributed by atoms with E-state index in [1.54, 1.807) is 7.11 Å². The second kappa shape index (κ2) is 8.40. The van der Waals surface area contributed by atoms with Crippen molar-refractivity contribution >= 4 is 0 Å². The first-order valence-corrected chi connectivity index (χ1v) is 7.66. The fourth-order valence-corrected chi connectivity index (χ4v) is 2.98. The number of benzene rings is 1. The lowest BCUT2D eigenvalue weighted by Crippen LogP contribution is -2.37. The molecule has 1 fully saturated rings. The van der Waals surface area contributed by atoms with Gasteiger partial charge in [0.1, 0.15) is 0 Å². The van der Waals surface area contributed by atoms with Crippen molar-refractivity contribution in [2.45, 2.75) is 32.3 Å². The van der Waals surface area contributed by atoms with Gasteiger partial charge in [0.15, 0.2) is 0 Å². The van der Waals surface area contributed by atoms with Crippen molar-refractivity contribution in [3.63, 3.8) is 0 Å².